The van der Waals surface area contributed by atoms with Gasteiger partial charge in [-0.3, -0.25) is 0 Å². The maximum Gasteiger partial charge on any atom is 0.0547 e. The summed E-state index contributed by atoms with van der Waals surface area (Å²) in [5, 5.41) is 2.59. The lowest BCUT2D eigenvalue weighted by atomic mass is 10.0. The van der Waals surface area contributed by atoms with E-state index in [1.54, 1.807) is 0 Å². The van der Waals surface area contributed by atoms with Gasteiger partial charge in [0, 0.05) is 16.5 Å². The number of hydrogen-bond donors (Lipinski definition) is 0. The first-order valence-electron chi connectivity index (χ1n) is 8.97. The van der Waals surface area contributed by atoms with Gasteiger partial charge >= 0.3 is 0 Å². The highest BCUT2D eigenvalue weighted by atomic mass is 15.0. The van der Waals surface area contributed by atoms with E-state index in [1.165, 1.54) is 44.2 Å². The first kappa shape index (κ1) is 15.0. The molecule has 4 aromatic carbocycles. The lowest BCUT2D eigenvalue weighted by Gasteiger charge is -2.09. The maximum absolute atomic E-state index is 2.38. The zero-order chi connectivity index (χ0) is 17.5. The van der Waals surface area contributed by atoms with E-state index < -0.39 is 0 Å². The maximum atomic E-state index is 2.38. The summed E-state index contributed by atoms with van der Waals surface area (Å²) >= 11 is 0. The Hall–Kier alpha value is -3.32. The smallest absolute Gasteiger partial charge is 0.0547 e. The number of aryl methyl sites for hydroxylation is 1. The van der Waals surface area contributed by atoms with E-state index in [4.69, 9.17) is 0 Å². The zero-order valence-corrected chi connectivity index (χ0v) is 14.7. The molecule has 1 aromatic heterocycles. The van der Waals surface area contributed by atoms with Crippen molar-refractivity contribution in [2.45, 2.75) is 6.92 Å². The number of benzene rings is 4. The molecule has 0 aliphatic rings. The van der Waals surface area contributed by atoms with Crippen molar-refractivity contribution < 1.29 is 0 Å². The third-order valence-electron chi connectivity index (χ3n) is 5.04. The molecular formula is C25H19N. The molecule has 0 aliphatic heterocycles. The molecular weight excluding hydrogens is 314 g/mol. The SMILES string of the molecule is Cc1ccc2c3ccc(-c4ccccc4)cc3n(-c3ccccc3)c2c1. The van der Waals surface area contributed by atoms with Crippen LogP contribution in [0.1, 0.15) is 5.56 Å². The summed E-state index contributed by atoms with van der Waals surface area (Å²) in [4.78, 5) is 0. The van der Waals surface area contributed by atoms with Crippen molar-refractivity contribution in [2.24, 2.45) is 0 Å². The van der Waals surface area contributed by atoms with E-state index in [9.17, 15) is 0 Å². The van der Waals surface area contributed by atoms with Crippen molar-refractivity contribution in [1.82, 2.24) is 4.57 Å². The number of fused-ring (bicyclic) bond motifs is 3. The standard InChI is InChI=1S/C25H19N/c1-18-12-14-22-23-15-13-20(19-8-4-2-5-9-19)17-25(23)26(24(22)16-18)21-10-6-3-7-11-21/h2-17H,1H3. The summed E-state index contributed by atoms with van der Waals surface area (Å²) in [6.07, 6.45) is 0. The highest BCUT2D eigenvalue weighted by Crippen LogP contribution is 2.35. The second kappa shape index (κ2) is 5.89. The summed E-state index contributed by atoms with van der Waals surface area (Å²) < 4.78 is 2.38. The van der Waals surface area contributed by atoms with Crippen LogP contribution in [0.15, 0.2) is 97.1 Å². The van der Waals surface area contributed by atoms with Gasteiger partial charge in [-0.25, -0.2) is 0 Å². The second-order valence-corrected chi connectivity index (χ2v) is 6.79. The second-order valence-electron chi connectivity index (χ2n) is 6.79. The largest absolute Gasteiger partial charge is 0.309 e. The average Bonchev–Trinajstić information content (AvgIpc) is 3.02. The normalized spacial score (nSPS) is 11.3. The Labute approximate surface area is 153 Å². The Morgan fingerprint density at radius 3 is 1.88 bits per heavy atom. The molecule has 0 saturated heterocycles. The molecule has 0 atom stereocenters. The van der Waals surface area contributed by atoms with E-state index in [-0.39, 0.29) is 0 Å². The van der Waals surface area contributed by atoms with Crippen molar-refractivity contribution >= 4 is 21.8 Å². The highest BCUT2D eigenvalue weighted by molar-refractivity contribution is 6.10. The molecule has 0 spiro atoms. The van der Waals surface area contributed by atoms with Crippen molar-refractivity contribution in [2.75, 3.05) is 0 Å². The molecule has 1 heteroatoms. The van der Waals surface area contributed by atoms with Crippen LogP contribution in [0.5, 0.6) is 0 Å². The molecule has 124 valence electrons. The van der Waals surface area contributed by atoms with Crippen molar-refractivity contribution in [1.29, 1.82) is 0 Å². The minimum absolute atomic E-state index is 1.20. The fraction of sp³-hybridized carbons (Fsp3) is 0.0400. The van der Waals surface area contributed by atoms with Gasteiger partial charge in [-0.15, -0.1) is 0 Å². The Morgan fingerprint density at radius 1 is 0.538 bits per heavy atom. The Morgan fingerprint density at radius 2 is 1.15 bits per heavy atom. The summed E-state index contributed by atoms with van der Waals surface area (Å²) in [5.41, 5.74) is 7.48. The molecule has 1 nitrogen and oxygen atoms in total. The fourth-order valence-electron chi connectivity index (χ4n) is 3.79. The third kappa shape index (κ3) is 2.33. The summed E-state index contributed by atoms with van der Waals surface area (Å²) in [6, 6.07) is 34.7. The molecule has 0 radical (unpaired) electrons. The number of hydrogen-bond acceptors (Lipinski definition) is 0. The third-order valence-corrected chi connectivity index (χ3v) is 5.04. The van der Waals surface area contributed by atoms with Gasteiger partial charge in [0.2, 0.25) is 0 Å². The number of rotatable bonds is 2. The fourth-order valence-corrected chi connectivity index (χ4v) is 3.79. The van der Waals surface area contributed by atoms with Gasteiger partial charge in [0.05, 0.1) is 11.0 Å². The van der Waals surface area contributed by atoms with Crippen LogP contribution in [-0.2, 0) is 0 Å². The van der Waals surface area contributed by atoms with Gasteiger partial charge in [0.1, 0.15) is 0 Å². The van der Waals surface area contributed by atoms with Gasteiger partial charge in [-0.1, -0.05) is 72.8 Å². The number of para-hydroxylation sites is 1. The van der Waals surface area contributed by atoms with Crippen LogP contribution in [0, 0.1) is 6.92 Å². The molecule has 0 N–H and O–H groups in total. The Balaban J connectivity index is 1.89. The predicted octanol–water partition coefficient (Wildman–Crippen LogP) is 6.76. The molecule has 26 heavy (non-hydrogen) atoms. The van der Waals surface area contributed by atoms with Gasteiger partial charge < -0.3 is 4.57 Å². The molecule has 0 aliphatic carbocycles. The minimum Gasteiger partial charge on any atom is -0.309 e. The van der Waals surface area contributed by atoms with E-state index in [1.807, 2.05) is 0 Å². The van der Waals surface area contributed by atoms with Crippen LogP contribution in [-0.4, -0.2) is 4.57 Å². The quantitative estimate of drug-likeness (QED) is 0.336. The highest BCUT2D eigenvalue weighted by Gasteiger charge is 2.13. The number of aromatic nitrogens is 1. The van der Waals surface area contributed by atoms with Crippen molar-refractivity contribution in [3.63, 3.8) is 0 Å². The van der Waals surface area contributed by atoms with Crippen LogP contribution < -0.4 is 0 Å². The van der Waals surface area contributed by atoms with E-state index >= 15 is 0 Å². The molecule has 5 rings (SSSR count). The predicted molar refractivity (Wildman–Crippen MR) is 111 cm³/mol. The van der Waals surface area contributed by atoms with Crippen LogP contribution >= 0.6 is 0 Å². The van der Waals surface area contributed by atoms with E-state index in [2.05, 4.69) is 109 Å². The summed E-state index contributed by atoms with van der Waals surface area (Å²) in [6.45, 7) is 2.15. The molecule has 5 aromatic rings. The first-order valence-corrected chi connectivity index (χ1v) is 8.97. The average molecular weight is 333 g/mol. The van der Waals surface area contributed by atoms with Gasteiger partial charge in [0.25, 0.3) is 0 Å². The molecule has 0 saturated carbocycles. The van der Waals surface area contributed by atoms with Gasteiger partial charge in [0.15, 0.2) is 0 Å². The molecule has 1 heterocycles. The molecule has 0 bridgehead atoms. The molecule has 0 fully saturated rings. The first-order chi connectivity index (χ1) is 12.8. The lowest BCUT2D eigenvalue weighted by Crippen LogP contribution is -1.93. The van der Waals surface area contributed by atoms with Crippen LogP contribution in [0.2, 0.25) is 0 Å². The topological polar surface area (TPSA) is 4.93 Å². The monoisotopic (exact) mass is 333 g/mol. The van der Waals surface area contributed by atoms with E-state index in [0.29, 0.717) is 0 Å². The van der Waals surface area contributed by atoms with Crippen LogP contribution in [0.4, 0.5) is 0 Å². The Kier molecular flexibility index (Phi) is 3.39. The molecule has 0 amide bonds. The molecule has 0 unspecified atom stereocenters. The lowest BCUT2D eigenvalue weighted by molar-refractivity contribution is 1.18. The Bertz CT molecular complexity index is 1210. The van der Waals surface area contributed by atoms with Crippen LogP contribution in [0.3, 0.4) is 0 Å². The zero-order valence-electron chi connectivity index (χ0n) is 14.7. The minimum atomic E-state index is 1.20. The van der Waals surface area contributed by atoms with Gasteiger partial charge in [-0.05, 0) is 47.9 Å². The van der Waals surface area contributed by atoms with Crippen molar-refractivity contribution in [3.05, 3.63) is 103 Å². The summed E-state index contributed by atoms with van der Waals surface area (Å²) in [5.74, 6) is 0. The number of nitrogens with zero attached hydrogens (tertiary/aromatic N) is 1. The van der Waals surface area contributed by atoms with Crippen molar-refractivity contribution in [3.8, 4) is 16.8 Å². The van der Waals surface area contributed by atoms with E-state index in [0.717, 1.165) is 0 Å². The van der Waals surface area contributed by atoms with Gasteiger partial charge in [-0.2, -0.15) is 0 Å². The van der Waals surface area contributed by atoms with Crippen LogP contribution in [0.25, 0.3) is 38.6 Å². The summed E-state index contributed by atoms with van der Waals surface area (Å²) in [7, 11) is 0.